The number of sulfonamides is 1. The molecule has 0 saturated heterocycles. The largest absolute Gasteiger partial charge is 0.320 e. The fourth-order valence-corrected chi connectivity index (χ4v) is 2.38. The SMILES string of the molecule is CS(=O)(=O)Nc1ccccc1NC(=O)c1ccc(Cl)cc1. The predicted molar refractivity (Wildman–Crippen MR) is 84.3 cm³/mol. The first kappa shape index (κ1) is 15.3. The van der Waals surface area contributed by atoms with Gasteiger partial charge in [-0.1, -0.05) is 23.7 Å². The first-order valence-corrected chi connectivity index (χ1v) is 8.26. The summed E-state index contributed by atoms with van der Waals surface area (Å²) in [4.78, 5) is 12.1. The Hall–Kier alpha value is -2.05. The van der Waals surface area contributed by atoms with Crippen LogP contribution in [0, 0.1) is 0 Å². The monoisotopic (exact) mass is 324 g/mol. The van der Waals surface area contributed by atoms with Crippen LogP contribution < -0.4 is 10.0 Å². The zero-order valence-corrected chi connectivity index (χ0v) is 12.7. The molecular weight excluding hydrogens is 312 g/mol. The number of amides is 1. The molecule has 5 nitrogen and oxygen atoms in total. The summed E-state index contributed by atoms with van der Waals surface area (Å²) in [7, 11) is -3.42. The molecule has 0 aliphatic rings. The highest BCUT2D eigenvalue weighted by molar-refractivity contribution is 7.92. The van der Waals surface area contributed by atoms with Crippen LogP contribution in [-0.4, -0.2) is 20.6 Å². The summed E-state index contributed by atoms with van der Waals surface area (Å²) in [5.74, 6) is -0.352. The van der Waals surface area contributed by atoms with Crippen LogP contribution in [0.25, 0.3) is 0 Å². The number of rotatable bonds is 4. The van der Waals surface area contributed by atoms with Crippen molar-refractivity contribution in [3.63, 3.8) is 0 Å². The molecule has 2 aromatic rings. The second kappa shape index (κ2) is 6.15. The molecule has 110 valence electrons. The molecule has 21 heavy (non-hydrogen) atoms. The third-order valence-corrected chi connectivity index (χ3v) is 3.42. The lowest BCUT2D eigenvalue weighted by Gasteiger charge is -2.11. The Morgan fingerprint density at radius 1 is 1.00 bits per heavy atom. The van der Waals surface area contributed by atoms with Crippen LogP contribution in [0.15, 0.2) is 48.5 Å². The topological polar surface area (TPSA) is 75.3 Å². The molecule has 2 rings (SSSR count). The van der Waals surface area contributed by atoms with Crippen molar-refractivity contribution in [2.75, 3.05) is 16.3 Å². The van der Waals surface area contributed by atoms with Gasteiger partial charge in [0.2, 0.25) is 10.0 Å². The first-order chi connectivity index (χ1) is 9.85. The number of benzene rings is 2. The average Bonchev–Trinajstić information content (AvgIpc) is 2.40. The fourth-order valence-electron chi connectivity index (χ4n) is 1.68. The van der Waals surface area contributed by atoms with Crippen molar-refractivity contribution in [1.82, 2.24) is 0 Å². The zero-order chi connectivity index (χ0) is 15.5. The van der Waals surface area contributed by atoms with E-state index in [2.05, 4.69) is 10.0 Å². The average molecular weight is 325 g/mol. The zero-order valence-electron chi connectivity index (χ0n) is 11.1. The van der Waals surface area contributed by atoms with E-state index in [9.17, 15) is 13.2 Å². The van der Waals surface area contributed by atoms with Crippen LogP contribution in [-0.2, 0) is 10.0 Å². The number of anilines is 2. The molecule has 2 N–H and O–H groups in total. The summed E-state index contributed by atoms with van der Waals surface area (Å²) in [6.45, 7) is 0. The van der Waals surface area contributed by atoms with E-state index in [0.717, 1.165) is 6.26 Å². The molecule has 0 saturated carbocycles. The van der Waals surface area contributed by atoms with Crippen molar-refractivity contribution in [2.45, 2.75) is 0 Å². The molecule has 0 aliphatic heterocycles. The molecule has 0 heterocycles. The van der Waals surface area contributed by atoms with Gasteiger partial charge >= 0.3 is 0 Å². The molecule has 0 fully saturated rings. The number of carbonyl (C=O) groups is 1. The normalized spacial score (nSPS) is 11.0. The molecule has 0 aromatic heterocycles. The Morgan fingerprint density at radius 3 is 2.14 bits per heavy atom. The molecule has 0 aliphatic carbocycles. The summed E-state index contributed by atoms with van der Waals surface area (Å²) in [6, 6.07) is 12.9. The fraction of sp³-hybridized carbons (Fsp3) is 0.0714. The summed E-state index contributed by atoms with van der Waals surface area (Å²) in [6.07, 6.45) is 1.05. The van der Waals surface area contributed by atoms with E-state index in [-0.39, 0.29) is 5.91 Å². The standard InChI is InChI=1S/C14H13ClN2O3S/c1-21(19,20)17-13-5-3-2-4-12(13)16-14(18)10-6-8-11(15)9-7-10/h2-9,17H,1H3,(H,16,18). The van der Waals surface area contributed by atoms with Gasteiger partial charge in [-0.25, -0.2) is 8.42 Å². The van der Waals surface area contributed by atoms with E-state index in [1.807, 2.05) is 0 Å². The maximum absolute atomic E-state index is 12.1. The molecule has 0 atom stereocenters. The van der Waals surface area contributed by atoms with Crippen LogP contribution >= 0.6 is 11.6 Å². The molecule has 7 heteroatoms. The second-order valence-corrected chi connectivity index (χ2v) is 6.57. The van der Waals surface area contributed by atoms with Crippen molar-refractivity contribution >= 4 is 38.9 Å². The van der Waals surface area contributed by atoms with Crippen LogP contribution in [0.4, 0.5) is 11.4 Å². The molecule has 1 amide bonds. The van der Waals surface area contributed by atoms with E-state index in [4.69, 9.17) is 11.6 Å². The molecule has 0 bridgehead atoms. The summed E-state index contributed by atoms with van der Waals surface area (Å²) >= 11 is 5.77. The number of hydrogen-bond donors (Lipinski definition) is 2. The molecule has 2 aromatic carbocycles. The lowest BCUT2D eigenvalue weighted by atomic mass is 10.2. The summed E-state index contributed by atoms with van der Waals surface area (Å²) in [5, 5.41) is 3.19. The van der Waals surface area contributed by atoms with Gasteiger partial charge in [0.25, 0.3) is 5.91 Å². The Kier molecular flexibility index (Phi) is 4.50. The maximum Gasteiger partial charge on any atom is 0.255 e. The quantitative estimate of drug-likeness (QED) is 0.908. The number of carbonyl (C=O) groups excluding carboxylic acids is 1. The number of nitrogens with one attached hydrogen (secondary N) is 2. The summed E-state index contributed by atoms with van der Waals surface area (Å²) in [5.41, 5.74) is 1.11. The molecule has 0 radical (unpaired) electrons. The van der Waals surface area contributed by atoms with E-state index < -0.39 is 10.0 Å². The highest BCUT2D eigenvalue weighted by Crippen LogP contribution is 2.22. The van der Waals surface area contributed by atoms with Crippen LogP contribution in [0.5, 0.6) is 0 Å². The highest BCUT2D eigenvalue weighted by Gasteiger charge is 2.11. The van der Waals surface area contributed by atoms with Gasteiger partial charge in [0.15, 0.2) is 0 Å². The van der Waals surface area contributed by atoms with Crippen molar-refractivity contribution in [1.29, 1.82) is 0 Å². The van der Waals surface area contributed by atoms with Gasteiger partial charge in [0.1, 0.15) is 0 Å². The number of para-hydroxylation sites is 2. The number of halogens is 1. The highest BCUT2D eigenvalue weighted by atomic mass is 35.5. The van der Waals surface area contributed by atoms with Crippen molar-refractivity contribution < 1.29 is 13.2 Å². The third kappa shape index (κ3) is 4.47. The van der Waals surface area contributed by atoms with Gasteiger partial charge in [0.05, 0.1) is 17.6 Å². The molecular formula is C14H13ClN2O3S. The molecule has 0 spiro atoms. The predicted octanol–water partition coefficient (Wildman–Crippen LogP) is 2.96. The maximum atomic E-state index is 12.1. The van der Waals surface area contributed by atoms with Crippen molar-refractivity contribution in [2.24, 2.45) is 0 Å². The lowest BCUT2D eigenvalue weighted by molar-refractivity contribution is 0.102. The second-order valence-electron chi connectivity index (χ2n) is 4.38. The van der Waals surface area contributed by atoms with Crippen molar-refractivity contribution in [3.8, 4) is 0 Å². The van der Waals surface area contributed by atoms with Crippen LogP contribution in [0.1, 0.15) is 10.4 Å². The smallest absolute Gasteiger partial charge is 0.255 e. The van der Waals surface area contributed by atoms with E-state index in [1.54, 1.807) is 48.5 Å². The van der Waals surface area contributed by atoms with Crippen molar-refractivity contribution in [3.05, 3.63) is 59.1 Å². The van der Waals surface area contributed by atoms with Gasteiger partial charge in [-0.2, -0.15) is 0 Å². The van der Waals surface area contributed by atoms with E-state index >= 15 is 0 Å². The van der Waals surface area contributed by atoms with Gasteiger partial charge in [-0.05, 0) is 36.4 Å². The lowest BCUT2D eigenvalue weighted by Crippen LogP contribution is -2.15. The van der Waals surface area contributed by atoms with Gasteiger partial charge in [-0.15, -0.1) is 0 Å². The Labute approximate surface area is 128 Å². The number of hydrogen-bond acceptors (Lipinski definition) is 3. The first-order valence-electron chi connectivity index (χ1n) is 5.99. The Balaban J connectivity index is 2.23. The minimum absolute atomic E-state index is 0.308. The molecule has 0 unspecified atom stereocenters. The minimum Gasteiger partial charge on any atom is -0.320 e. The minimum atomic E-state index is -3.42. The summed E-state index contributed by atoms with van der Waals surface area (Å²) < 4.78 is 25.0. The van der Waals surface area contributed by atoms with E-state index in [1.165, 1.54) is 0 Å². The Morgan fingerprint density at radius 2 is 1.57 bits per heavy atom. The Bertz CT molecular complexity index is 758. The van der Waals surface area contributed by atoms with Crippen LogP contribution in [0.3, 0.4) is 0 Å². The van der Waals surface area contributed by atoms with E-state index in [0.29, 0.717) is 22.0 Å². The van der Waals surface area contributed by atoms with Gasteiger partial charge < -0.3 is 5.32 Å². The van der Waals surface area contributed by atoms with Gasteiger partial charge in [0, 0.05) is 10.6 Å². The van der Waals surface area contributed by atoms with Crippen LogP contribution in [0.2, 0.25) is 5.02 Å². The third-order valence-electron chi connectivity index (χ3n) is 2.58. The van der Waals surface area contributed by atoms with Gasteiger partial charge in [-0.3, -0.25) is 9.52 Å².